The molecule has 1 saturated heterocycles. The van der Waals surface area contributed by atoms with Crippen molar-refractivity contribution in [3.05, 3.63) is 35.4 Å². The number of aliphatic hydroxyl groups is 1. The van der Waals surface area contributed by atoms with Gasteiger partial charge in [-0.15, -0.1) is 0 Å². The molecule has 4 nitrogen and oxygen atoms in total. The molecule has 1 aromatic carbocycles. The Morgan fingerprint density at radius 1 is 1.30 bits per heavy atom. The largest absolute Gasteiger partial charge is 0.386 e. The number of aryl methyl sites for hydroxylation is 1. The topological polar surface area (TPSA) is 61.9 Å². The first-order valence-electron chi connectivity index (χ1n) is 7.46. The van der Waals surface area contributed by atoms with Crippen molar-refractivity contribution in [3.63, 3.8) is 0 Å². The highest BCUT2D eigenvalue weighted by Gasteiger charge is 2.12. The van der Waals surface area contributed by atoms with Gasteiger partial charge in [0.1, 0.15) is 0 Å². The van der Waals surface area contributed by atoms with Crippen LogP contribution in [-0.4, -0.2) is 35.6 Å². The second kappa shape index (κ2) is 7.29. The average molecular weight is 275 g/mol. The Bertz CT molecular complexity index is 451. The molecule has 1 aliphatic rings. The fourth-order valence-electron chi connectivity index (χ4n) is 2.56. The van der Waals surface area contributed by atoms with E-state index in [-0.39, 0.29) is 0 Å². The Hall–Kier alpha value is -1.55. The van der Waals surface area contributed by atoms with Gasteiger partial charge in [-0.25, -0.2) is 0 Å². The number of benzene rings is 1. The number of likely N-dealkylation sites (tertiary alicyclic amines) is 1. The van der Waals surface area contributed by atoms with E-state index in [4.69, 9.17) is 5.73 Å². The van der Waals surface area contributed by atoms with Crippen LogP contribution in [0, 0.1) is 6.92 Å². The highest BCUT2D eigenvalue weighted by atomic mass is 16.3. The Morgan fingerprint density at radius 2 is 2.00 bits per heavy atom. The fourth-order valence-corrected chi connectivity index (χ4v) is 2.56. The van der Waals surface area contributed by atoms with Crippen LogP contribution in [0.2, 0.25) is 0 Å². The molecule has 4 heteroatoms. The SMILES string of the molecule is Cc1cccc(C(O)CN=C(N)N2CCCCCC2)c1. The lowest BCUT2D eigenvalue weighted by Crippen LogP contribution is -2.38. The van der Waals surface area contributed by atoms with E-state index < -0.39 is 6.10 Å². The molecule has 0 spiro atoms. The molecular weight excluding hydrogens is 250 g/mol. The summed E-state index contributed by atoms with van der Waals surface area (Å²) < 4.78 is 0. The maximum atomic E-state index is 10.2. The molecule has 1 aliphatic heterocycles. The molecule has 20 heavy (non-hydrogen) atoms. The van der Waals surface area contributed by atoms with E-state index in [1.54, 1.807) is 0 Å². The van der Waals surface area contributed by atoms with Crippen LogP contribution in [0.1, 0.15) is 42.9 Å². The van der Waals surface area contributed by atoms with Gasteiger partial charge < -0.3 is 15.7 Å². The Balaban J connectivity index is 1.93. The molecule has 1 unspecified atom stereocenters. The molecule has 0 saturated carbocycles. The zero-order valence-corrected chi connectivity index (χ0v) is 12.3. The summed E-state index contributed by atoms with van der Waals surface area (Å²) in [5.41, 5.74) is 8.08. The van der Waals surface area contributed by atoms with Gasteiger partial charge in [-0.1, -0.05) is 42.7 Å². The molecule has 0 aromatic heterocycles. The molecular formula is C16H25N3O. The van der Waals surface area contributed by atoms with Crippen LogP contribution in [0.5, 0.6) is 0 Å². The summed E-state index contributed by atoms with van der Waals surface area (Å²) in [5.74, 6) is 0.568. The van der Waals surface area contributed by atoms with Crippen LogP contribution in [-0.2, 0) is 0 Å². The van der Waals surface area contributed by atoms with E-state index in [1.807, 2.05) is 31.2 Å². The summed E-state index contributed by atoms with van der Waals surface area (Å²) in [7, 11) is 0. The molecule has 3 N–H and O–H groups in total. The predicted molar refractivity (Wildman–Crippen MR) is 82.7 cm³/mol. The second-order valence-corrected chi connectivity index (χ2v) is 5.53. The summed E-state index contributed by atoms with van der Waals surface area (Å²) >= 11 is 0. The van der Waals surface area contributed by atoms with Gasteiger partial charge in [-0.3, -0.25) is 4.99 Å². The maximum absolute atomic E-state index is 10.2. The first kappa shape index (κ1) is 14.9. The fraction of sp³-hybridized carbons (Fsp3) is 0.562. The van der Waals surface area contributed by atoms with E-state index in [0.717, 1.165) is 24.2 Å². The zero-order valence-electron chi connectivity index (χ0n) is 12.3. The third-order valence-electron chi connectivity index (χ3n) is 3.78. The molecule has 1 aromatic rings. The van der Waals surface area contributed by atoms with Crippen LogP contribution < -0.4 is 5.73 Å². The molecule has 0 bridgehead atoms. The van der Waals surface area contributed by atoms with E-state index in [1.165, 1.54) is 25.7 Å². The smallest absolute Gasteiger partial charge is 0.191 e. The highest BCUT2D eigenvalue weighted by Crippen LogP contribution is 2.15. The molecule has 1 atom stereocenters. The number of hydrogen-bond acceptors (Lipinski definition) is 2. The third kappa shape index (κ3) is 4.23. The Labute approximate surface area is 121 Å². The van der Waals surface area contributed by atoms with Crippen molar-refractivity contribution in [2.24, 2.45) is 10.7 Å². The molecule has 1 fully saturated rings. The summed E-state index contributed by atoms with van der Waals surface area (Å²) in [5, 5.41) is 10.2. The minimum Gasteiger partial charge on any atom is -0.386 e. The van der Waals surface area contributed by atoms with Gasteiger partial charge in [0, 0.05) is 13.1 Å². The number of hydrogen-bond donors (Lipinski definition) is 2. The van der Waals surface area contributed by atoms with E-state index >= 15 is 0 Å². The van der Waals surface area contributed by atoms with Crippen LogP contribution in [0.3, 0.4) is 0 Å². The number of nitrogens with two attached hydrogens (primary N) is 1. The van der Waals surface area contributed by atoms with Crippen molar-refractivity contribution < 1.29 is 5.11 Å². The van der Waals surface area contributed by atoms with Gasteiger partial charge in [0.15, 0.2) is 5.96 Å². The van der Waals surface area contributed by atoms with Crippen LogP contribution in [0.25, 0.3) is 0 Å². The molecule has 0 aliphatic carbocycles. The van der Waals surface area contributed by atoms with Crippen LogP contribution in [0.4, 0.5) is 0 Å². The van der Waals surface area contributed by atoms with Crippen molar-refractivity contribution >= 4 is 5.96 Å². The number of guanidine groups is 1. The standard InChI is InChI=1S/C16H25N3O/c1-13-7-6-8-14(11-13)15(20)12-18-16(17)19-9-4-2-3-5-10-19/h6-8,11,15,20H,2-5,9-10,12H2,1H3,(H2,17,18). The van der Waals surface area contributed by atoms with Gasteiger partial charge in [-0.05, 0) is 25.3 Å². The van der Waals surface area contributed by atoms with Crippen molar-refractivity contribution in [1.29, 1.82) is 0 Å². The van der Waals surface area contributed by atoms with Crippen molar-refractivity contribution in [3.8, 4) is 0 Å². The summed E-state index contributed by atoms with van der Waals surface area (Å²) in [6, 6.07) is 7.89. The van der Waals surface area contributed by atoms with Gasteiger partial charge in [-0.2, -0.15) is 0 Å². The minimum atomic E-state index is -0.583. The Kier molecular flexibility index (Phi) is 5.41. The molecule has 1 heterocycles. The Morgan fingerprint density at radius 3 is 2.65 bits per heavy atom. The maximum Gasteiger partial charge on any atom is 0.191 e. The van der Waals surface area contributed by atoms with Crippen molar-refractivity contribution in [1.82, 2.24) is 4.90 Å². The first-order valence-corrected chi connectivity index (χ1v) is 7.46. The number of aliphatic imine (C=N–C) groups is 1. The lowest BCUT2D eigenvalue weighted by atomic mass is 10.1. The van der Waals surface area contributed by atoms with Crippen LogP contribution >= 0.6 is 0 Å². The summed E-state index contributed by atoms with van der Waals surface area (Å²) in [4.78, 5) is 6.50. The molecule has 0 radical (unpaired) electrons. The molecule has 110 valence electrons. The quantitative estimate of drug-likeness (QED) is 0.657. The lowest BCUT2D eigenvalue weighted by Gasteiger charge is -2.21. The number of nitrogens with zero attached hydrogens (tertiary/aromatic N) is 2. The number of aliphatic hydroxyl groups excluding tert-OH is 1. The van der Waals surface area contributed by atoms with E-state index in [9.17, 15) is 5.11 Å². The second-order valence-electron chi connectivity index (χ2n) is 5.53. The number of rotatable bonds is 3. The highest BCUT2D eigenvalue weighted by molar-refractivity contribution is 5.78. The monoisotopic (exact) mass is 275 g/mol. The van der Waals surface area contributed by atoms with Crippen molar-refractivity contribution in [2.75, 3.05) is 19.6 Å². The van der Waals surface area contributed by atoms with Gasteiger partial charge in [0.2, 0.25) is 0 Å². The van der Waals surface area contributed by atoms with E-state index in [2.05, 4.69) is 9.89 Å². The van der Waals surface area contributed by atoms with Crippen LogP contribution in [0.15, 0.2) is 29.3 Å². The van der Waals surface area contributed by atoms with Gasteiger partial charge >= 0.3 is 0 Å². The minimum absolute atomic E-state index is 0.325. The van der Waals surface area contributed by atoms with Gasteiger partial charge in [0.05, 0.1) is 12.6 Å². The normalized spacial score (nSPS) is 18.7. The summed E-state index contributed by atoms with van der Waals surface area (Å²) in [6.07, 6.45) is 4.32. The first-order chi connectivity index (χ1) is 9.66. The van der Waals surface area contributed by atoms with E-state index in [0.29, 0.717) is 12.5 Å². The molecule has 2 rings (SSSR count). The lowest BCUT2D eigenvalue weighted by molar-refractivity contribution is 0.186. The van der Waals surface area contributed by atoms with Gasteiger partial charge in [0.25, 0.3) is 0 Å². The van der Waals surface area contributed by atoms with Crippen molar-refractivity contribution in [2.45, 2.75) is 38.7 Å². The molecule has 0 amide bonds. The summed E-state index contributed by atoms with van der Waals surface area (Å²) in [6.45, 7) is 4.31. The zero-order chi connectivity index (χ0) is 14.4. The predicted octanol–water partition coefficient (Wildman–Crippen LogP) is 2.22. The average Bonchev–Trinajstić information content (AvgIpc) is 2.73. The third-order valence-corrected chi connectivity index (χ3v) is 3.78.